The molecule has 1 heterocycles. The Morgan fingerprint density at radius 2 is 1.76 bits per heavy atom. The molecular weight excluding hydrogens is 286 g/mol. The van der Waals surface area contributed by atoms with Crippen LogP contribution in [0.2, 0.25) is 5.02 Å². The van der Waals surface area contributed by atoms with Gasteiger partial charge in [-0.1, -0.05) is 53.1 Å². The lowest BCUT2D eigenvalue weighted by Crippen LogP contribution is -2.12. The van der Waals surface area contributed by atoms with E-state index in [1.165, 1.54) is 0 Å². The molecule has 0 spiro atoms. The molecule has 0 aliphatic rings. The minimum atomic E-state index is -0.00726. The molecule has 5 nitrogen and oxygen atoms in total. The van der Waals surface area contributed by atoms with Crippen LogP contribution in [-0.2, 0) is 0 Å². The monoisotopic (exact) mass is 299 g/mol. The molecule has 2 aromatic carbocycles. The van der Waals surface area contributed by atoms with Crippen molar-refractivity contribution in [3.63, 3.8) is 0 Å². The summed E-state index contributed by atoms with van der Waals surface area (Å²) in [6.07, 6.45) is 0. The molecule has 0 unspecified atom stereocenters. The van der Waals surface area contributed by atoms with Gasteiger partial charge in [0.05, 0.1) is 11.7 Å². The molecule has 106 valence electrons. The molecule has 0 saturated carbocycles. The van der Waals surface area contributed by atoms with Crippen molar-refractivity contribution in [2.45, 2.75) is 13.0 Å². The van der Waals surface area contributed by atoms with Crippen molar-refractivity contribution >= 4 is 17.5 Å². The zero-order valence-electron chi connectivity index (χ0n) is 11.4. The van der Waals surface area contributed by atoms with E-state index in [2.05, 4.69) is 20.8 Å². The Labute approximate surface area is 127 Å². The first-order chi connectivity index (χ1) is 10.3. The number of rotatable bonds is 4. The topological polar surface area (TPSA) is 55.6 Å². The molecule has 1 atom stereocenters. The summed E-state index contributed by atoms with van der Waals surface area (Å²) in [7, 11) is 0. The normalized spacial score (nSPS) is 12.1. The Morgan fingerprint density at radius 3 is 2.52 bits per heavy atom. The third-order valence-corrected chi connectivity index (χ3v) is 3.53. The van der Waals surface area contributed by atoms with E-state index in [1.807, 2.05) is 61.5 Å². The molecular formula is C15H14ClN5. The largest absolute Gasteiger partial charge is 0.346 e. The van der Waals surface area contributed by atoms with E-state index in [1.54, 1.807) is 4.68 Å². The van der Waals surface area contributed by atoms with E-state index in [0.29, 0.717) is 5.95 Å². The molecule has 6 heteroatoms. The highest BCUT2D eigenvalue weighted by Gasteiger charge is 2.14. The maximum absolute atomic E-state index is 6.22. The van der Waals surface area contributed by atoms with Crippen LogP contribution in [0.15, 0.2) is 54.6 Å². The summed E-state index contributed by atoms with van der Waals surface area (Å²) in [6, 6.07) is 17.4. The third-order valence-electron chi connectivity index (χ3n) is 3.19. The second-order valence-electron chi connectivity index (χ2n) is 4.64. The van der Waals surface area contributed by atoms with Gasteiger partial charge >= 0.3 is 0 Å². The van der Waals surface area contributed by atoms with E-state index in [-0.39, 0.29) is 6.04 Å². The van der Waals surface area contributed by atoms with Crippen molar-refractivity contribution in [2.75, 3.05) is 5.32 Å². The molecule has 0 saturated heterocycles. The van der Waals surface area contributed by atoms with Crippen LogP contribution in [-0.4, -0.2) is 20.2 Å². The zero-order chi connectivity index (χ0) is 14.7. The van der Waals surface area contributed by atoms with Crippen LogP contribution < -0.4 is 5.32 Å². The molecule has 3 aromatic rings. The van der Waals surface area contributed by atoms with E-state index in [9.17, 15) is 0 Å². The minimum Gasteiger partial charge on any atom is -0.346 e. The highest BCUT2D eigenvalue weighted by atomic mass is 35.5. The Hall–Kier alpha value is -2.40. The van der Waals surface area contributed by atoms with Crippen LogP contribution in [0.4, 0.5) is 5.95 Å². The minimum absolute atomic E-state index is 0.00726. The fourth-order valence-corrected chi connectivity index (χ4v) is 2.42. The fraction of sp³-hybridized carbons (Fsp3) is 0.133. The van der Waals surface area contributed by atoms with Crippen molar-refractivity contribution in [1.29, 1.82) is 0 Å². The Balaban J connectivity index is 1.87. The first-order valence-electron chi connectivity index (χ1n) is 6.60. The second kappa shape index (κ2) is 5.93. The summed E-state index contributed by atoms with van der Waals surface area (Å²) in [6.45, 7) is 2.02. The van der Waals surface area contributed by atoms with Crippen LogP contribution >= 0.6 is 11.6 Å². The molecule has 1 N–H and O–H groups in total. The number of tetrazole rings is 1. The summed E-state index contributed by atoms with van der Waals surface area (Å²) < 4.78 is 1.66. The van der Waals surface area contributed by atoms with Crippen molar-refractivity contribution in [2.24, 2.45) is 0 Å². The van der Waals surface area contributed by atoms with Gasteiger partial charge in [-0.2, -0.15) is 4.68 Å². The molecule has 0 amide bonds. The number of anilines is 1. The molecule has 1 aromatic heterocycles. The first-order valence-corrected chi connectivity index (χ1v) is 6.98. The van der Waals surface area contributed by atoms with Crippen LogP contribution in [0, 0.1) is 0 Å². The summed E-state index contributed by atoms with van der Waals surface area (Å²) in [4.78, 5) is 0. The Kier molecular flexibility index (Phi) is 3.83. The van der Waals surface area contributed by atoms with Crippen molar-refractivity contribution in [1.82, 2.24) is 20.2 Å². The second-order valence-corrected chi connectivity index (χ2v) is 5.04. The van der Waals surface area contributed by atoms with Gasteiger partial charge in [-0.15, -0.1) is 0 Å². The Bertz CT molecular complexity index is 726. The summed E-state index contributed by atoms with van der Waals surface area (Å²) in [5, 5.41) is 15.8. The number of para-hydroxylation sites is 1. The molecule has 21 heavy (non-hydrogen) atoms. The van der Waals surface area contributed by atoms with Gasteiger partial charge in [0.25, 0.3) is 0 Å². The summed E-state index contributed by atoms with van der Waals surface area (Å²) in [5.41, 5.74) is 1.90. The van der Waals surface area contributed by atoms with Crippen molar-refractivity contribution in [3.05, 3.63) is 65.2 Å². The van der Waals surface area contributed by atoms with Gasteiger partial charge in [-0.25, -0.2) is 0 Å². The van der Waals surface area contributed by atoms with Gasteiger partial charge in [0.1, 0.15) is 0 Å². The van der Waals surface area contributed by atoms with Gasteiger partial charge in [0.15, 0.2) is 0 Å². The maximum Gasteiger partial charge on any atom is 0.248 e. The first kappa shape index (κ1) is 13.6. The molecule has 3 rings (SSSR count). The predicted octanol–water partition coefficient (Wildman–Crippen LogP) is 3.49. The van der Waals surface area contributed by atoms with Crippen LogP contribution in [0.5, 0.6) is 0 Å². The van der Waals surface area contributed by atoms with Gasteiger partial charge < -0.3 is 5.32 Å². The standard InChI is InChI=1S/C15H14ClN5/c1-11(13-9-5-6-10-14(13)16)17-15-18-19-20-21(15)12-7-3-2-4-8-12/h2-11H,1H3,(H,17,18,20)/t11-/m0/s1. The zero-order valence-corrected chi connectivity index (χ0v) is 12.2. The molecule has 0 aliphatic heterocycles. The van der Waals surface area contributed by atoms with E-state index < -0.39 is 0 Å². The third kappa shape index (κ3) is 2.87. The number of hydrogen-bond acceptors (Lipinski definition) is 4. The number of nitrogens with zero attached hydrogens (tertiary/aromatic N) is 4. The van der Waals surface area contributed by atoms with Gasteiger partial charge in [-0.3, -0.25) is 0 Å². The lowest BCUT2D eigenvalue weighted by atomic mass is 10.1. The van der Waals surface area contributed by atoms with Gasteiger partial charge in [0, 0.05) is 5.02 Å². The van der Waals surface area contributed by atoms with E-state index in [0.717, 1.165) is 16.3 Å². The average molecular weight is 300 g/mol. The SMILES string of the molecule is C[C@H](Nc1nnnn1-c1ccccc1)c1ccccc1Cl. The summed E-state index contributed by atoms with van der Waals surface area (Å²) in [5.74, 6) is 0.577. The predicted molar refractivity (Wildman–Crippen MR) is 82.6 cm³/mol. The van der Waals surface area contributed by atoms with E-state index in [4.69, 9.17) is 11.6 Å². The van der Waals surface area contributed by atoms with Crippen LogP contribution in [0.3, 0.4) is 0 Å². The highest BCUT2D eigenvalue weighted by Crippen LogP contribution is 2.25. The highest BCUT2D eigenvalue weighted by molar-refractivity contribution is 6.31. The molecule has 0 bridgehead atoms. The summed E-state index contributed by atoms with van der Waals surface area (Å²) >= 11 is 6.22. The molecule has 0 radical (unpaired) electrons. The Morgan fingerprint density at radius 1 is 1.05 bits per heavy atom. The van der Waals surface area contributed by atoms with Crippen LogP contribution in [0.1, 0.15) is 18.5 Å². The smallest absolute Gasteiger partial charge is 0.248 e. The number of nitrogens with one attached hydrogen (secondary N) is 1. The van der Waals surface area contributed by atoms with Gasteiger partial charge in [0.2, 0.25) is 5.95 Å². The number of aromatic nitrogens is 4. The molecule has 0 fully saturated rings. The van der Waals surface area contributed by atoms with Gasteiger partial charge in [-0.05, 0) is 41.1 Å². The van der Waals surface area contributed by atoms with Crippen molar-refractivity contribution in [3.8, 4) is 5.69 Å². The lowest BCUT2D eigenvalue weighted by Gasteiger charge is -2.16. The quantitative estimate of drug-likeness (QED) is 0.801. The maximum atomic E-state index is 6.22. The fourth-order valence-electron chi connectivity index (χ4n) is 2.12. The molecule has 0 aliphatic carbocycles. The average Bonchev–Trinajstić information content (AvgIpc) is 2.96. The van der Waals surface area contributed by atoms with Crippen LogP contribution in [0.25, 0.3) is 5.69 Å². The van der Waals surface area contributed by atoms with Crippen molar-refractivity contribution < 1.29 is 0 Å². The number of hydrogen-bond donors (Lipinski definition) is 1. The number of benzene rings is 2. The lowest BCUT2D eigenvalue weighted by molar-refractivity contribution is 0.780. The number of halogens is 1. The van der Waals surface area contributed by atoms with E-state index >= 15 is 0 Å².